The van der Waals surface area contributed by atoms with E-state index in [0.29, 0.717) is 0 Å². The molecule has 0 aliphatic carbocycles. The van der Waals surface area contributed by atoms with Crippen molar-refractivity contribution < 1.29 is 22.1 Å². The average molecular weight is 332 g/mol. The van der Waals surface area contributed by atoms with E-state index in [1.165, 1.54) is 12.1 Å². The summed E-state index contributed by atoms with van der Waals surface area (Å²) in [6.45, 7) is -2.26. The Morgan fingerprint density at radius 1 is 1.35 bits per heavy atom. The van der Waals surface area contributed by atoms with Crippen molar-refractivity contribution in [1.82, 2.24) is 4.72 Å². The second-order valence-corrected chi connectivity index (χ2v) is 5.34. The van der Waals surface area contributed by atoms with E-state index in [4.69, 9.17) is 5.73 Å². The molecule has 0 amide bonds. The maximum Gasteiger partial charge on any atom is 0.289 e. The molecule has 0 aromatic heterocycles. The third-order valence-electron chi connectivity index (χ3n) is 2.17. The molecule has 0 heterocycles. The van der Waals surface area contributed by atoms with Crippen molar-refractivity contribution in [3.8, 4) is 0 Å². The summed E-state index contributed by atoms with van der Waals surface area (Å²) in [5.74, 6) is -3.42. The zero-order chi connectivity index (χ0) is 14.7. The van der Waals surface area contributed by atoms with Gasteiger partial charge in [0, 0.05) is 6.07 Å². The van der Waals surface area contributed by atoms with Crippen molar-refractivity contribution in [1.29, 1.82) is 0 Å². The summed E-state index contributed by atoms with van der Waals surface area (Å²) < 4.78 is 50.8. The number of rotatable bonds is 6. The van der Waals surface area contributed by atoms with Crippen LogP contribution >= 0.6 is 12.4 Å². The van der Waals surface area contributed by atoms with Gasteiger partial charge in [-0.3, -0.25) is 10.1 Å². The van der Waals surface area contributed by atoms with Gasteiger partial charge < -0.3 is 5.73 Å². The molecular formula is C9H12ClF2N3O4S. The number of benzene rings is 1. The lowest BCUT2D eigenvalue weighted by molar-refractivity contribution is -0.387. The maximum absolute atomic E-state index is 12.9. The summed E-state index contributed by atoms with van der Waals surface area (Å²) in [6.07, 6.45) is 0. The lowest BCUT2D eigenvalue weighted by Crippen LogP contribution is -2.41. The fourth-order valence-corrected chi connectivity index (χ4v) is 2.42. The minimum Gasteiger partial charge on any atom is -0.325 e. The Balaban J connectivity index is 0.00000361. The monoisotopic (exact) mass is 331 g/mol. The quantitative estimate of drug-likeness (QED) is 0.593. The molecule has 0 spiro atoms. The van der Waals surface area contributed by atoms with Gasteiger partial charge in [0.15, 0.2) is 4.90 Å². The zero-order valence-corrected chi connectivity index (χ0v) is 11.6. The molecule has 20 heavy (non-hydrogen) atoms. The molecule has 0 atom stereocenters. The largest absolute Gasteiger partial charge is 0.325 e. The first-order chi connectivity index (χ1) is 8.69. The van der Waals surface area contributed by atoms with Gasteiger partial charge in [-0.15, -0.1) is 12.4 Å². The van der Waals surface area contributed by atoms with Crippen LogP contribution in [0.15, 0.2) is 29.2 Å². The number of nitrogens with one attached hydrogen (secondary N) is 1. The van der Waals surface area contributed by atoms with Gasteiger partial charge in [-0.1, -0.05) is 12.1 Å². The van der Waals surface area contributed by atoms with Crippen molar-refractivity contribution in [2.24, 2.45) is 5.73 Å². The Labute approximate surface area is 119 Å². The number of hydrogen-bond acceptors (Lipinski definition) is 5. The first kappa shape index (κ1) is 18.6. The van der Waals surface area contributed by atoms with Gasteiger partial charge in [0.05, 0.1) is 18.0 Å². The summed E-state index contributed by atoms with van der Waals surface area (Å²) in [4.78, 5) is 9.09. The Hall–Kier alpha value is -1.36. The molecule has 0 fully saturated rings. The van der Waals surface area contributed by atoms with E-state index in [1.54, 1.807) is 4.72 Å². The highest BCUT2D eigenvalue weighted by atomic mass is 35.5. The van der Waals surface area contributed by atoms with E-state index in [2.05, 4.69) is 0 Å². The number of para-hydroxylation sites is 1. The van der Waals surface area contributed by atoms with Gasteiger partial charge in [-0.05, 0) is 6.07 Å². The Morgan fingerprint density at radius 2 is 1.90 bits per heavy atom. The number of hydrogen-bond donors (Lipinski definition) is 2. The predicted octanol–water partition coefficient (Wildman–Crippen LogP) is 0.889. The standard InChI is InChI=1S/C9H11F2N3O4S.ClH/c10-9(11,5-12)6-13-19(17,18)8-4-2-1-3-7(8)14(15)16;/h1-4,13H,5-6,12H2;1H. The molecule has 1 aromatic carbocycles. The van der Waals surface area contributed by atoms with E-state index in [9.17, 15) is 27.3 Å². The van der Waals surface area contributed by atoms with Gasteiger partial charge in [0.1, 0.15) is 0 Å². The van der Waals surface area contributed by atoms with E-state index < -0.39 is 44.5 Å². The van der Waals surface area contributed by atoms with E-state index in [-0.39, 0.29) is 12.4 Å². The number of alkyl halides is 2. The highest BCUT2D eigenvalue weighted by Crippen LogP contribution is 2.23. The fourth-order valence-electron chi connectivity index (χ4n) is 1.19. The maximum atomic E-state index is 12.9. The summed E-state index contributed by atoms with van der Waals surface area (Å²) >= 11 is 0. The minimum atomic E-state index is -4.41. The van der Waals surface area contributed by atoms with Gasteiger partial charge in [-0.25, -0.2) is 21.9 Å². The summed E-state index contributed by atoms with van der Waals surface area (Å²) in [6, 6.07) is 4.45. The molecule has 0 aliphatic rings. The topological polar surface area (TPSA) is 115 Å². The first-order valence-corrected chi connectivity index (χ1v) is 6.49. The molecule has 114 valence electrons. The SMILES string of the molecule is Cl.NCC(F)(F)CNS(=O)(=O)c1ccccc1[N+](=O)[O-]. The smallest absolute Gasteiger partial charge is 0.289 e. The van der Waals surface area contributed by atoms with Gasteiger partial charge in [0.25, 0.3) is 11.6 Å². The predicted molar refractivity (Wildman–Crippen MR) is 69.5 cm³/mol. The van der Waals surface area contributed by atoms with Crippen LogP contribution in [0.4, 0.5) is 14.5 Å². The van der Waals surface area contributed by atoms with Gasteiger partial charge >= 0.3 is 0 Å². The van der Waals surface area contributed by atoms with Crippen molar-refractivity contribution >= 4 is 28.1 Å². The summed E-state index contributed by atoms with van der Waals surface area (Å²) in [5.41, 5.74) is 4.07. The van der Waals surface area contributed by atoms with Crippen LogP contribution in [0, 0.1) is 10.1 Å². The lowest BCUT2D eigenvalue weighted by Gasteiger charge is -2.14. The van der Waals surface area contributed by atoms with Crippen molar-refractivity contribution in [3.63, 3.8) is 0 Å². The average Bonchev–Trinajstić information content (AvgIpc) is 2.37. The van der Waals surface area contributed by atoms with Crippen molar-refractivity contribution in [2.75, 3.05) is 13.1 Å². The van der Waals surface area contributed by atoms with E-state index in [1.807, 2.05) is 0 Å². The number of nitro groups is 1. The second-order valence-electron chi connectivity index (χ2n) is 3.61. The van der Waals surface area contributed by atoms with Crippen LogP contribution in [0.2, 0.25) is 0 Å². The molecule has 0 bridgehead atoms. The molecule has 3 N–H and O–H groups in total. The highest BCUT2D eigenvalue weighted by Gasteiger charge is 2.31. The third-order valence-corrected chi connectivity index (χ3v) is 3.62. The molecular weight excluding hydrogens is 320 g/mol. The molecule has 11 heteroatoms. The second kappa shape index (κ2) is 6.88. The van der Waals surface area contributed by atoms with Crippen LogP contribution in [-0.4, -0.2) is 32.4 Å². The normalized spacial score (nSPS) is 11.8. The Bertz CT molecular complexity index is 582. The fraction of sp³-hybridized carbons (Fsp3) is 0.333. The van der Waals surface area contributed by atoms with Crippen molar-refractivity contribution in [2.45, 2.75) is 10.8 Å². The van der Waals surface area contributed by atoms with E-state index in [0.717, 1.165) is 12.1 Å². The van der Waals surface area contributed by atoms with Gasteiger partial charge in [-0.2, -0.15) is 0 Å². The van der Waals surface area contributed by atoms with Gasteiger partial charge in [0.2, 0.25) is 10.0 Å². The number of nitro benzene ring substituents is 1. The van der Waals surface area contributed by atoms with Crippen LogP contribution in [0.1, 0.15) is 0 Å². The third kappa shape index (κ3) is 4.63. The molecule has 7 nitrogen and oxygen atoms in total. The molecule has 0 radical (unpaired) electrons. The van der Waals surface area contributed by atoms with Crippen molar-refractivity contribution in [3.05, 3.63) is 34.4 Å². The van der Waals surface area contributed by atoms with Crippen LogP contribution in [0.5, 0.6) is 0 Å². The van der Waals surface area contributed by atoms with Crippen LogP contribution < -0.4 is 10.5 Å². The molecule has 0 saturated heterocycles. The summed E-state index contributed by atoms with van der Waals surface area (Å²) in [5, 5.41) is 10.7. The molecule has 1 rings (SSSR count). The van der Waals surface area contributed by atoms with Crippen LogP contribution in [0.25, 0.3) is 0 Å². The number of nitrogens with zero attached hydrogens (tertiary/aromatic N) is 1. The first-order valence-electron chi connectivity index (χ1n) is 5.00. The molecule has 0 unspecified atom stereocenters. The number of nitrogens with two attached hydrogens (primary N) is 1. The molecule has 0 aliphatic heterocycles. The van der Waals surface area contributed by atoms with Crippen LogP contribution in [0.3, 0.4) is 0 Å². The van der Waals surface area contributed by atoms with Crippen LogP contribution in [-0.2, 0) is 10.0 Å². The lowest BCUT2D eigenvalue weighted by atomic mass is 10.3. The highest BCUT2D eigenvalue weighted by molar-refractivity contribution is 7.89. The Kier molecular flexibility index (Phi) is 6.41. The number of sulfonamides is 1. The molecule has 0 saturated carbocycles. The zero-order valence-electron chi connectivity index (χ0n) is 9.95. The molecule has 1 aromatic rings. The summed E-state index contributed by atoms with van der Waals surface area (Å²) in [7, 11) is -4.41. The Morgan fingerprint density at radius 3 is 2.40 bits per heavy atom. The minimum absolute atomic E-state index is 0. The number of halogens is 3. The van der Waals surface area contributed by atoms with E-state index >= 15 is 0 Å².